The van der Waals surface area contributed by atoms with Crippen molar-refractivity contribution in [1.29, 1.82) is 0 Å². The summed E-state index contributed by atoms with van der Waals surface area (Å²) in [6.45, 7) is 2.25. The van der Waals surface area contributed by atoms with E-state index in [-0.39, 0.29) is 23.7 Å². The van der Waals surface area contributed by atoms with Crippen molar-refractivity contribution in [3.8, 4) is 0 Å². The van der Waals surface area contributed by atoms with Gasteiger partial charge in [-0.1, -0.05) is 18.2 Å². The van der Waals surface area contributed by atoms with Gasteiger partial charge in [-0.25, -0.2) is 0 Å². The Balaban J connectivity index is 1.59. The second-order valence-corrected chi connectivity index (χ2v) is 6.18. The van der Waals surface area contributed by atoms with Crippen LogP contribution >= 0.6 is 0 Å². The topological polar surface area (TPSA) is 49.4 Å². The molecule has 2 aliphatic heterocycles. The van der Waals surface area contributed by atoms with Gasteiger partial charge in [0.05, 0.1) is 6.54 Å². The van der Waals surface area contributed by atoms with Gasteiger partial charge in [-0.15, -0.1) is 0 Å². The lowest BCUT2D eigenvalue weighted by Gasteiger charge is -2.29. The molecule has 3 aliphatic rings. The van der Waals surface area contributed by atoms with E-state index >= 15 is 0 Å². The van der Waals surface area contributed by atoms with Gasteiger partial charge in [0, 0.05) is 24.9 Å². The smallest absolute Gasteiger partial charge is 0.232 e. The monoisotopic (exact) mass is 270 g/mol. The largest absolute Gasteiger partial charge is 0.309 e. The lowest BCUT2D eigenvalue weighted by atomic mass is 9.96. The molecular weight excluding hydrogens is 252 g/mol. The molecule has 104 valence electrons. The Hall–Kier alpha value is -1.68. The van der Waals surface area contributed by atoms with E-state index in [1.54, 1.807) is 0 Å². The van der Waals surface area contributed by atoms with Crippen LogP contribution in [0, 0.1) is 11.8 Å². The van der Waals surface area contributed by atoms with E-state index in [1.807, 2.05) is 6.07 Å². The van der Waals surface area contributed by atoms with Crippen LogP contribution in [-0.2, 0) is 29.2 Å². The van der Waals surface area contributed by atoms with E-state index in [0.29, 0.717) is 6.54 Å². The van der Waals surface area contributed by atoms with Crippen LogP contribution in [-0.4, -0.2) is 16.7 Å². The van der Waals surface area contributed by atoms with Crippen LogP contribution in [0.5, 0.6) is 0 Å². The minimum absolute atomic E-state index is 0.0439. The molecule has 4 rings (SSSR count). The molecule has 1 aromatic carbocycles. The number of imide groups is 1. The molecule has 1 aromatic rings. The molecule has 2 unspecified atom stereocenters. The number of carbonyl (C=O) groups excluding carboxylic acids is 2. The molecule has 0 spiro atoms. The summed E-state index contributed by atoms with van der Waals surface area (Å²) in [6.07, 6.45) is 2.56. The number of piperidine rings is 1. The van der Waals surface area contributed by atoms with E-state index < -0.39 is 0 Å². The summed E-state index contributed by atoms with van der Waals surface area (Å²) in [6, 6.07) is 6.29. The first-order valence-corrected chi connectivity index (χ1v) is 7.39. The number of rotatable bonds is 2. The standard InChI is InChI=1S/C16H18N2O2/c19-15-11-3-4-12(6-11)16(20)18(15)9-10-1-2-13-7-17-8-14(13)5-10/h1-2,5,11-12,17H,3-4,6-9H2. The summed E-state index contributed by atoms with van der Waals surface area (Å²) < 4.78 is 0. The fraction of sp³-hybridized carbons (Fsp3) is 0.500. The van der Waals surface area contributed by atoms with Crippen LogP contribution in [0.25, 0.3) is 0 Å². The predicted molar refractivity (Wildman–Crippen MR) is 73.4 cm³/mol. The number of carbonyl (C=O) groups is 2. The zero-order valence-electron chi connectivity index (χ0n) is 11.4. The first-order valence-electron chi connectivity index (χ1n) is 7.39. The molecule has 2 amide bonds. The van der Waals surface area contributed by atoms with E-state index in [2.05, 4.69) is 17.4 Å². The van der Waals surface area contributed by atoms with Crippen LogP contribution < -0.4 is 5.32 Å². The Labute approximate surface area is 118 Å². The number of nitrogens with zero attached hydrogens (tertiary/aromatic N) is 1. The molecule has 2 atom stereocenters. The van der Waals surface area contributed by atoms with Crippen molar-refractivity contribution in [1.82, 2.24) is 10.2 Å². The maximum atomic E-state index is 12.3. The van der Waals surface area contributed by atoms with Gasteiger partial charge in [0.25, 0.3) is 0 Å². The molecule has 1 saturated heterocycles. The number of hydrogen-bond acceptors (Lipinski definition) is 3. The van der Waals surface area contributed by atoms with Crippen molar-refractivity contribution in [3.05, 3.63) is 34.9 Å². The number of fused-ring (bicyclic) bond motifs is 3. The predicted octanol–water partition coefficient (Wildman–Crippen LogP) is 1.57. The summed E-state index contributed by atoms with van der Waals surface area (Å²) in [5.74, 6) is 0.271. The SMILES string of the molecule is O=C1C2CCC(C2)C(=O)N1Cc1ccc2c(c1)CNC2. The fourth-order valence-electron chi connectivity index (χ4n) is 3.76. The summed E-state index contributed by atoms with van der Waals surface area (Å²) in [4.78, 5) is 26.1. The minimum Gasteiger partial charge on any atom is -0.309 e. The fourth-order valence-corrected chi connectivity index (χ4v) is 3.76. The van der Waals surface area contributed by atoms with Crippen LogP contribution in [0.4, 0.5) is 0 Å². The number of hydrogen-bond donors (Lipinski definition) is 1. The molecule has 2 heterocycles. The molecule has 1 saturated carbocycles. The first kappa shape index (κ1) is 12.1. The summed E-state index contributed by atoms with van der Waals surface area (Å²) in [5.41, 5.74) is 3.68. The second-order valence-electron chi connectivity index (χ2n) is 6.18. The Morgan fingerprint density at radius 1 is 1.05 bits per heavy atom. The van der Waals surface area contributed by atoms with E-state index in [4.69, 9.17) is 0 Å². The number of benzene rings is 1. The Kier molecular flexibility index (Phi) is 2.67. The van der Waals surface area contributed by atoms with Gasteiger partial charge in [0.2, 0.25) is 11.8 Å². The maximum absolute atomic E-state index is 12.3. The van der Waals surface area contributed by atoms with Gasteiger partial charge in [0.1, 0.15) is 0 Å². The molecule has 2 fully saturated rings. The zero-order chi connectivity index (χ0) is 13.7. The maximum Gasteiger partial charge on any atom is 0.232 e. The first-order chi connectivity index (χ1) is 9.72. The number of amides is 2. The van der Waals surface area contributed by atoms with Gasteiger partial charge in [-0.2, -0.15) is 0 Å². The summed E-state index contributed by atoms with van der Waals surface area (Å²) in [7, 11) is 0. The molecule has 0 aromatic heterocycles. The van der Waals surface area contributed by atoms with Crippen molar-refractivity contribution in [2.24, 2.45) is 11.8 Å². The number of nitrogens with one attached hydrogen (secondary N) is 1. The molecule has 2 bridgehead atoms. The normalized spacial score (nSPS) is 28.1. The Bertz CT molecular complexity index is 574. The highest BCUT2D eigenvalue weighted by Crippen LogP contribution is 2.38. The highest BCUT2D eigenvalue weighted by atomic mass is 16.2. The van der Waals surface area contributed by atoms with Gasteiger partial charge >= 0.3 is 0 Å². The molecule has 4 heteroatoms. The average molecular weight is 270 g/mol. The third kappa shape index (κ3) is 1.79. The molecule has 20 heavy (non-hydrogen) atoms. The van der Waals surface area contributed by atoms with E-state index in [0.717, 1.165) is 37.9 Å². The Morgan fingerprint density at radius 2 is 1.75 bits per heavy atom. The van der Waals surface area contributed by atoms with Crippen LogP contribution in [0.1, 0.15) is 36.0 Å². The van der Waals surface area contributed by atoms with Crippen molar-refractivity contribution in [3.63, 3.8) is 0 Å². The van der Waals surface area contributed by atoms with Crippen molar-refractivity contribution in [2.45, 2.75) is 38.9 Å². The van der Waals surface area contributed by atoms with Crippen molar-refractivity contribution >= 4 is 11.8 Å². The molecule has 1 N–H and O–H groups in total. The van der Waals surface area contributed by atoms with Crippen molar-refractivity contribution < 1.29 is 9.59 Å². The summed E-state index contributed by atoms with van der Waals surface area (Å²) in [5, 5.41) is 3.31. The van der Waals surface area contributed by atoms with E-state index in [1.165, 1.54) is 16.0 Å². The highest BCUT2D eigenvalue weighted by Gasteiger charge is 2.45. The van der Waals surface area contributed by atoms with Crippen molar-refractivity contribution in [2.75, 3.05) is 0 Å². The highest BCUT2D eigenvalue weighted by molar-refractivity contribution is 6.00. The average Bonchev–Trinajstić information content (AvgIpc) is 3.08. The lowest BCUT2D eigenvalue weighted by molar-refractivity contribution is -0.153. The third-order valence-corrected chi connectivity index (χ3v) is 4.91. The quantitative estimate of drug-likeness (QED) is 0.830. The van der Waals surface area contributed by atoms with Gasteiger partial charge in [0.15, 0.2) is 0 Å². The van der Waals surface area contributed by atoms with Crippen LogP contribution in [0.2, 0.25) is 0 Å². The zero-order valence-corrected chi connectivity index (χ0v) is 11.4. The third-order valence-electron chi connectivity index (χ3n) is 4.91. The molecule has 1 aliphatic carbocycles. The summed E-state index contributed by atoms with van der Waals surface area (Å²) >= 11 is 0. The second kappa shape index (κ2) is 4.42. The Morgan fingerprint density at radius 3 is 2.50 bits per heavy atom. The van der Waals surface area contributed by atoms with Crippen LogP contribution in [0.3, 0.4) is 0 Å². The lowest BCUT2D eigenvalue weighted by Crippen LogP contribution is -2.45. The number of likely N-dealkylation sites (tertiary alicyclic amines) is 1. The van der Waals surface area contributed by atoms with Gasteiger partial charge in [-0.05, 0) is 36.0 Å². The van der Waals surface area contributed by atoms with Crippen LogP contribution in [0.15, 0.2) is 18.2 Å². The minimum atomic E-state index is 0.0439. The molecular formula is C16H18N2O2. The van der Waals surface area contributed by atoms with E-state index in [9.17, 15) is 9.59 Å². The van der Waals surface area contributed by atoms with Gasteiger partial charge < -0.3 is 5.32 Å². The van der Waals surface area contributed by atoms with Gasteiger partial charge in [-0.3, -0.25) is 14.5 Å². The molecule has 0 radical (unpaired) electrons. The molecule has 4 nitrogen and oxygen atoms in total.